The van der Waals surface area contributed by atoms with E-state index in [1.54, 1.807) is 0 Å². The summed E-state index contributed by atoms with van der Waals surface area (Å²) in [5, 5.41) is -0.266. The molecule has 1 atom stereocenters. The third kappa shape index (κ3) is 3.30. The van der Waals surface area contributed by atoms with Gasteiger partial charge in [-0.05, 0) is 43.1 Å². The van der Waals surface area contributed by atoms with Gasteiger partial charge in [-0.25, -0.2) is 0 Å². The molecule has 0 radical (unpaired) electrons. The monoisotopic (exact) mass is 251 g/mol. The Hall–Kier alpha value is -0.860. The number of carbonyl (C=O) groups is 1. The van der Waals surface area contributed by atoms with Crippen LogP contribution in [0.3, 0.4) is 0 Å². The lowest BCUT2D eigenvalue weighted by Crippen LogP contribution is -2.33. The molecule has 1 saturated heterocycles. The van der Waals surface area contributed by atoms with Crippen molar-refractivity contribution >= 4 is 16.8 Å². The number of hydrogen-bond acceptors (Lipinski definition) is 2. The van der Waals surface area contributed by atoms with E-state index in [1.807, 2.05) is 30.3 Å². The summed E-state index contributed by atoms with van der Waals surface area (Å²) >= 11 is 5.78. The third-order valence-electron chi connectivity index (χ3n) is 3.34. The molecule has 2 nitrogen and oxygen atoms in total. The number of rotatable bonds is 3. The van der Waals surface area contributed by atoms with E-state index in [1.165, 1.54) is 12.8 Å². The van der Waals surface area contributed by atoms with E-state index < -0.39 is 0 Å². The fourth-order valence-electron chi connectivity index (χ4n) is 2.47. The van der Waals surface area contributed by atoms with E-state index in [4.69, 9.17) is 11.6 Å². The molecule has 17 heavy (non-hydrogen) atoms. The van der Waals surface area contributed by atoms with Crippen molar-refractivity contribution in [2.24, 2.45) is 0 Å². The third-order valence-corrected chi connectivity index (χ3v) is 3.54. The van der Waals surface area contributed by atoms with Crippen molar-refractivity contribution < 1.29 is 4.79 Å². The topological polar surface area (TPSA) is 20.3 Å². The van der Waals surface area contributed by atoms with Gasteiger partial charge >= 0.3 is 0 Å². The summed E-state index contributed by atoms with van der Waals surface area (Å²) in [7, 11) is 0. The second kappa shape index (κ2) is 6.18. The van der Waals surface area contributed by atoms with E-state index in [9.17, 15) is 4.79 Å². The molecule has 1 fully saturated rings. The van der Waals surface area contributed by atoms with E-state index in [0.29, 0.717) is 0 Å². The van der Waals surface area contributed by atoms with E-state index in [2.05, 4.69) is 4.90 Å². The van der Waals surface area contributed by atoms with Crippen molar-refractivity contribution in [1.29, 1.82) is 0 Å². The zero-order valence-corrected chi connectivity index (χ0v) is 10.7. The number of hydrogen-bond donors (Lipinski definition) is 0. The molecule has 0 N–H and O–H groups in total. The van der Waals surface area contributed by atoms with Crippen LogP contribution in [0.5, 0.6) is 0 Å². The molecule has 1 aromatic rings. The Labute approximate surface area is 108 Å². The Morgan fingerprint density at radius 3 is 2.18 bits per heavy atom. The van der Waals surface area contributed by atoms with Crippen LogP contribution in [-0.4, -0.2) is 23.2 Å². The van der Waals surface area contributed by atoms with Crippen molar-refractivity contribution in [2.75, 3.05) is 13.1 Å². The molecule has 0 aliphatic carbocycles. The first-order valence-electron chi connectivity index (χ1n) is 6.27. The van der Waals surface area contributed by atoms with E-state index in [0.717, 1.165) is 31.5 Å². The quantitative estimate of drug-likeness (QED) is 0.768. The smallest absolute Gasteiger partial charge is 0.243 e. The standard InChI is InChI=1S/C14H18ClNO/c15-14(17)13(12-8-4-3-5-9-12)16-10-6-1-2-7-11-16/h3-5,8-9,13H,1-2,6-7,10-11H2. The fraction of sp³-hybridized carbons (Fsp3) is 0.500. The first kappa shape index (κ1) is 12.6. The summed E-state index contributed by atoms with van der Waals surface area (Å²) in [6.07, 6.45) is 4.84. The van der Waals surface area contributed by atoms with Gasteiger partial charge in [0.05, 0.1) is 0 Å². The van der Waals surface area contributed by atoms with Gasteiger partial charge < -0.3 is 0 Å². The summed E-state index contributed by atoms with van der Waals surface area (Å²) < 4.78 is 0. The highest BCUT2D eigenvalue weighted by atomic mass is 35.5. The largest absolute Gasteiger partial charge is 0.289 e. The number of nitrogens with zero attached hydrogens (tertiary/aromatic N) is 1. The maximum absolute atomic E-state index is 11.7. The summed E-state index contributed by atoms with van der Waals surface area (Å²) in [6.45, 7) is 1.94. The maximum Gasteiger partial charge on any atom is 0.243 e. The minimum Gasteiger partial charge on any atom is -0.289 e. The minimum atomic E-state index is -0.268. The summed E-state index contributed by atoms with van der Waals surface area (Å²) in [5.74, 6) is 0. The Morgan fingerprint density at radius 1 is 1.06 bits per heavy atom. The van der Waals surface area contributed by atoms with Gasteiger partial charge in [0.25, 0.3) is 0 Å². The van der Waals surface area contributed by atoms with Gasteiger partial charge in [-0.2, -0.15) is 0 Å². The van der Waals surface area contributed by atoms with Crippen LogP contribution in [-0.2, 0) is 4.79 Å². The highest BCUT2D eigenvalue weighted by Crippen LogP contribution is 2.26. The molecule has 3 heteroatoms. The van der Waals surface area contributed by atoms with E-state index >= 15 is 0 Å². The van der Waals surface area contributed by atoms with Crippen LogP contribution < -0.4 is 0 Å². The Morgan fingerprint density at radius 2 is 1.65 bits per heavy atom. The average molecular weight is 252 g/mol. The normalized spacial score (nSPS) is 19.6. The lowest BCUT2D eigenvalue weighted by atomic mass is 10.1. The van der Waals surface area contributed by atoms with Gasteiger partial charge in [-0.3, -0.25) is 9.69 Å². The van der Waals surface area contributed by atoms with E-state index in [-0.39, 0.29) is 11.3 Å². The highest BCUT2D eigenvalue weighted by molar-refractivity contribution is 6.64. The molecule has 0 amide bonds. The molecule has 0 aromatic heterocycles. The maximum atomic E-state index is 11.7. The predicted octanol–water partition coefficient (Wildman–Crippen LogP) is 3.37. The molecule has 1 aliphatic heterocycles. The zero-order valence-electron chi connectivity index (χ0n) is 9.94. The Kier molecular flexibility index (Phi) is 4.57. The first-order valence-corrected chi connectivity index (χ1v) is 6.65. The molecule has 92 valence electrons. The lowest BCUT2D eigenvalue weighted by molar-refractivity contribution is -0.116. The van der Waals surface area contributed by atoms with Gasteiger partial charge in [0.1, 0.15) is 6.04 Å². The van der Waals surface area contributed by atoms with Crippen LogP contribution in [0.25, 0.3) is 0 Å². The number of benzene rings is 1. The molecule has 1 unspecified atom stereocenters. The van der Waals surface area contributed by atoms with Gasteiger partial charge in [0.2, 0.25) is 5.24 Å². The molecule has 1 heterocycles. The van der Waals surface area contributed by atoms with Crippen molar-refractivity contribution in [3.8, 4) is 0 Å². The number of carbonyl (C=O) groups excluding carboxylic acids is 1. The number of likely N-dealkylation sites (tertiary alicyclic amines) is 1. The van der Waals surface area contributed by atoms with Crippen LogP contribution in [0.15, 0.2) is 30.3 Å². The molecule has 1 aliphatic rings. The zero-order chi connectivity index (χ0) is 12.1. The average Bonchev–Trinajstić information content (AvgIpc) is 2.59. The van der Waals surface area contributed by atoms with Crippen LogP contribution in [0.1, 0.15) is 37.3 Å². The molecular formula is C14H18ClNO. The van der Waals surface area contributed by atoms with Crippen molar-refractivity contribution in [2.45, 2.75) is 31.7 Å². The first-order chi connectivity index (χ1) is 8.29. The van der Waals surface area contributed by atoms with Gasteiger partial charge in [-0.15, -0.1) is 0 Å². The minimum absolute atomic E-state index is 0.266. The van der Waals surface area contributed by atoms with Crippen LogP contribution in [0.4, 0.5) is 0 Å². The molecule has 0 bridgehead atoms. The number of halogens is 1. The fourth-order valence-corrected chi connectivity index (χ4v) is 2.74. The Bertz CT molecular complexity index is 358. The second-order valence-electron chi connectivity index (χ2n) is 4.57. The summed E-state index contributed by atoms with van der Waals surface area (Å²) in [6, 6.07) is 9.57. The second-order valence-corrected chi connectivity index (χ2v) is 4.94. The van der Waals surface area contributed by atoms with Crippen molar-refractivity contribution in [1.82, 2.24) is 4.90 Å². The SMILES string of the molecule is O=C(Cl)C(c1ccccc1)N1CCCCCC1. The van der Waals surface area contributed by atoms with Gasteiger partial charge in [-0.1, -0.05) is 43.2 Å². The Balaban J connectivity index is 2.19. The lowest BCUT2D eigenvalue weighted by Gasteiger charge is -2.28. The van der Waals surface area contributed by atoms with Crippen LogP contribution in [0, 0.1) is 0 Å². The molecule has 0 saturated carbocycles. The summed E-state index contributed by atoms with van der Waals surface area (Å²) in [4.78, 5) is 13.9. The van der Waals surface area contributed by atoms with Crippen molar-refractivity contribution in [3.63, 3.8) is 0 Å². The molecule has 0 spiro atoms. The molecular weight excluding hydrogens is 234 g/mol. The van der Waals surface area contributed by atoms with Crippen LogP contribution >= 0.6 is 11.6 Å². The van der Waals surface area contributed by atoms with Crippen molar-refractivity contribution in [3.05, 3.63) is 35.9 Å². The molecule has 1 aromatic carbocycles. The van der Waals surface area contributed by atoms with Gasteiger partial charge in [0, 0.05) is 0 Å². The summed E-state index contributed by atoms with van der Waals surface area (Å²) in [5.41, 5.74) is 1.01. The highest BCUT2D eigenvalue weighted by Gasteiger charge is 2.26. The predicted molar refractivity (Wildman–Crippen MR) is 70.1 cm³/mol. The van der Waals surface area contributed by atoms with Crippen LogP contribution in [0.2, 0.25) is 0 Å². The molecule has 2 rings (SSSR count). The van der Waals surface area contributed by atoms with Gasteiger partial charge in [0.15, 0.2) is 0 Å².